The van der Waals surface area contributed by atoms with E-state index < -0.39 is 53.5 Å². The van der Waals surface area contributed by atoms with Gasteiger partial charge in [-0.25, -0.2) is 0 Å². The quantitative estimate of drug-likeness (QED) is 0.523. The van der Waals surface area contributed by atoms with Crippen LogP contribution in [0.1, 0.15) is 25.8 Å². The molecule has 0 aliphatic heterocycles. The van der Waals surface area contributed by atoms with E-state index in [1.165, 1.54) is 13.8 Å². The maximum atomic E-state index is 11.9. The van der Waals surface area contributed by atoms with Crippen LogP contribution < -0.4 is 0 Å². The molecule has 3 unspecified atom stereocenters. The SMILES string of the molecule is CC(C)(c1ccccc1)C(C(=O)O)C(C(=O)O)C(CC(=O)O)C(=O)O. The van der Waals surface area contributed by atoms with Gasteiger partial charge in [-0.1, -0.05) is 44.2 Å². The molecule has 8 heteroatoms. The number of benzene rings is 1. The highest BCUT2D eigenvalue weighted by Gasteiger charge is 2.51. The molecule has 0 saturated carbocycles. The van der Waals surface area contributed by atoms with Crippen molar-refractivity contribution in [1.82, 2.24) is 0 Å². The minimum Gasteiger partial charge on any atom is -0.481 e. The molecule has 25 heavy (non-hydrogen) atoms. The van der Waals surface area contributed by atoms with Gasteiger partial charge in [0.2, 0.25) is 0 Å². The number of aliphatic carboxylic acids is 4. The molecule has 0 bridgehead atoms. The van der Waals surface area contributed by atoms with Gasteiger partial charge in [-0.05, 0) is 5.56 Å². The maximum Gasteiger partial charge on any atom is 0.308 e. The van der Waals surface area contributed by atoms with E-state index in [1.54, 1.807) is 30.3 Å². The molecule has 0 radical (unpaired) electrons. The van der Waals surface area contributed by atoms with Gasteiger partial charge in [0, 0.05) is 5.41 Å². The van der Waals surface area contributed by atoms with Crippen molar-refractivity contribution in [3.63, 3.8) is 0 Å². The molecule has 0 aliphatic rings. The second kappa shape index (κ2) is 7.78. The molecule has 0 amide bonds. The summed E-state index contributed by atoms with van der Waals surface area (Å²) in [5.74, 6) is -11.8. The molecule has 136 valence electrons. The predicted molar refractivity (Wildman–Crippen MR) is 85.1 cm³/mol. The van der Waals surface area contributed by atoms with E-state index in [4.69, 9.17) is 5.11 Å². The van der Waals surface area contributed by atoms with E-state index in [1.807, 2.05) is 0 Å². The number of rotatable bonds is 9. The molecule has 0 aliphatic carbocycles. The molecular formula is C17H20O8. The van der Waals surface area contributed by atoms with Gasteiger partial charge in [0.05, 0.1) is 24.2 Å². The number of carboxylic acid groups (broad SMARTS) is 4. The van der Waals surface area contributed by atoms with Crippen LogP contribution in [0.25, 0.3) is 0 Å². The Morgan fingerprint density at radius 2 is 1.40 bits per heavy atom. The van der Waals surface area contributed by atoms with E-state index in [0.717, 1.165) is 0 Å². The Kier molecular flexibility index (Phi) is 6.27. The minimum atomic E-state index is -1.92. The first-order valence-corrected chi connectivity index (χ1v) is 7.45. The Morgan fingerprint density at radius 3 is 1.76 bits per heavy atom. The van der Waals surface area contributed by atoms with E-state index in [9.17, 15) is 34.5 Å². The average molecular weight is 352 g/mol. The average Bonchev–Trinajstić information content (AvgIpc) is 2.50. The fourth-order valence-corrected chi connectivity index (χ4v) is 3.06. The van der Waals surface area contributed by atoms with Crippen molar-refractivity contribution in [2.24, 2.45) is 17.8 Å². The summed E-state index contributed by atoms with van der Waals surface area (Å²) in [6.07, 6.45) is -0.985. The van der Waals surface area contributed by atoms with Crippen molar-refractivity contribution in [1.29, 1.82) is 0 Å². The van der Waals surface area contributed by atoms with Gasteiger partial charge in [0.25, 0.3) is 0 Å². The summed E-state index contributed by atoms with van der Waals surface area (Å²) < 4.78 is 0. The highest BCUT2D eigenvalue weighted by molar-refractivity contribution is 5.88. The van der Waals surface area contributed by atoms with Crippen LogP contribution in [-0.4, -0.2) is 44.3 Å². The van der Waals surface area contributed by atoms with Gasteiger partial charge >= 0.3 is 23.9 Å². The molecule has 4 N–H and O–H groups in total. The number of hydrogen-bond donors (Lipinski definition) is 4. The standard InChI is InChI=1S/C17H20O8/c1-17(2,9-6-4-3-5-7-9)13(16(24)25)12(15(22)23)10(14(20)21)8-11(18)19/h3-7,10,12-13H,8H2,1-2H3,(H,18,19)(H,20,21)(H,22,23)(H,24,25). The molecule has 1 aromatic rings. The topological polar surface area (TPSA) is 149 Å². The third kappa shape index (κ3) is 4.56. The maximum absolute atomic E-state index is 11.9. The summed E-state index contributed by atoms with van der Waals surface area (Å²) in [6, 6.07) is 8.23. The van der Waals surface area contributed by atoms with E-state index >= 15 is 0 Å². The third-order valence-corrected chi connectivity index (χ3v) is 4.35. The first-order valence-electron chi connectivity index (χ1n) is 7.45. The summed E-state index contributed by atoms with van der Waals surface area (Å²) in [6.45, 7) is 2.99. The van der Waals surface area contributed by atoms with Gasteiger partial charge in [0.15, 0.2) is 0 Å². The van der Waals surface area contributed by atoms with Crippen LogP contribution in [0.5, 0.6) is 0 Å². The summed E-state index contributed by atoms with van der Waals surface area (Å²) in [5.41, 5.74) is -0.740. The largest absolute Gasteiger partial charge is 0.481 e. The van der Waals surface area contributed by atoms with Crippen molar-refractivity contribution in [3.05, 3.63) is 35.9 Å². The normalized spacial score (nSPS) is 15.0. The summed E-state index contributed by atoms with van der Waals surface area (Å²) in [5, 5.41) is 37.4. The third-order valence-electron chi connectivity index (χ3n) is 4.35. The Morgan fingerprint density at radius 1 is 0.880 bits per heavy atom. The Bertz CT molecular complexity index is 664. The zero-order chi connectivity index (χ0) is 19.4. The molecule has 0 spiro atoms. The zero-order valence-corrected chi connectivity index (χ0v) is 13.7. The fourth-order valence-electron chi connectivity index (χ4n) is 3.06. The monoisotopic (exact) mass is 352 g/mol. The van der Waals surface area contributed by atoms with E-state index in [2.05, 4.69) is 0 Å². The van der Waals surface area contributed by atoms with Crippen molar-refractivity contribution in [2.75, 3.05) is 0 Å². The number of carboxylic acids is 4. The molecule has 1 rings (SSSR count). The van der Waals surface area contributed by atoms with Crippen LogP contribution in [0, 0.1) is 17.8 Å². The molecule has 1 aromatic carbocycles. The number of hydrogen-bond acceptors (Lipinski definition) is 4. The summed E-state index contributed by atoms with van der Waals surface area (Å²) in [4.78, 5) is 46.0. The molecule has 0 saturated heterocycles. The summed E-state index contributed by atoms with van der Waals surface area (Å²) >= 11 is 0. The van der Waals surface area contributed by atoms with Gasteiger partial charge in [-0.15, -0.1) is 0 Å². The van der Waals surface area contributed by atoms with Gasteiger partial charge in [0.1, 0.15) is 0 Å². The number of carbonyl (C=O) groups is 4. The van der Waals surface area contributed by atoms with E-state index in [0.29, 0.717) is 5.56 Å². The second-order valence-electron chi connectivity index (χ2n) is 6.31. The van der Waals surface area contributed by atoms with Crippen LogP contribution in [0.3, 0.4) is 0 Å². The molecule has 3 atom stereocenters. The predicted octanol–water partition coefficient (Wildman–Crippen LogP) is 1.54. The van der Waals surface area contributed by atoms with E-state index in [-0.39, 0.29) is 0 Å². The highest BCUT2D eigenvalue weighted by Crippen LogP contribution is 2.40. The lowest BCUT2D eigenvalue weighted by atomic mass is 9.64. The first kappa shape index (κ1) is 20.1. The van der Waals surface area contributed by atoms with Crippen LogP contribution in [0.15, 0.2) is 30.3 Å². The van der Waals surface area contributed by atoms with Crippen LogP contribution in [-0.2, 0) is 24.6 Å². The highest BCUT2D eigenvalue weighted by atomic mass is 16.4. The fraction of sp³-hybridized carbons (Fsp3) is 0.412. The van der Waals surface area contributed by atoms with Gasteiger partial charge in [-0.2, -0.15) is 0 Å². The smallest absolute Gasteiger partial charge is 0.308 e. The molecule has 0 fully saturated rings. The second-order valence-corrected chi connectivity index (χ2v) is 6.31. The lowest BCUT2D eigenvalue weighted by molar-refractivity contribution is -0.166. The minimum absolute atomic E-state index is 0.508. The molecule has 0 aromatic heterocycles. The lowest BCUT2D eigenvalue weighted by Crippen LogP contribution is -2.48. The first-order chi connectivity index (χ1) is 11.5. The Balaban J connectivity index is 3.50. The molecular weight excluding hydrogens is 332 g/mol. The van der Waals surface area contributed by atoms with Crippen LogP contribution in [0.2, 0.25) is 0 Å². The van der Waals surface area contributed by atoms with Crippen molar-refractivity contribution < 1.29 is 39.6 Å². The van der Waals surface area contributed by atoms with Crippen molar-refractivity contribution in [3.8, 4) is 0 Å². The van der Waals surface area contributed by atoms with Gasteiger partial charge in [-0.3, -0.25) is 19.2 Å². The molecule has 8 nitrogen and oxygen atoms in total. The van der Waals surface area contributed by atoms with Crippen molar-refractivity contribution in [2.45, 2.75) is 25.7 Å². The molecule has 0 heterocycles. The van der Waals surface area contributed by atoms with Crippen LogP contribution >= 0.6 is 0 Å². The Hall–Kier alpha value is -2.90. The van der Waals surface area contributed by atoms with Crippen LogP contribution in [0.4, 0.5) is 0 Å². The lowest BCUT2D eigenvalue weighted by Gasteiger charge is -2.37. The van der Waals surface area contributed by atoms with Gasteiger partial charge < -0.3 is 20.4 Å². The van der Waals surface area contributed by atoms with Crippen molar-refractivity contribution >= 4 is 23.9 Å². The summed E-state index contributed by atoms with van der Waals surface area (Å²) in [7, 11) is 0. The zero-order valence-electron chi connectivity index (χ0n) is 13.7. The Labute approximate surface area is 143 Å².